The van der Waals surface area contributed by atoms with E-state index < -0.39 is 0 Å². The Balaban J connectivity index is 1.39. The first-order chi connectivity index (χ1) is 11.7. The topological polar surface area (TPSA) is 59.8 Å². The normalized spacial score (nSPS) is 17.0. The maximum atomic E-state index is 12.2. The summed E-state index contributed by atoms with van der Waals surface area (Å²) in [7, 11) is 0. The zero-order valence-electron chi connectivity index (χ0n) is 13.7. The Morgan fingerprint density at radius 2 is 2.29 bits per heavy atom. The smallest absolute Gasteiger partial charge is 0.227 e. The number of benzene rings is 1. The number of nitrogens with zero attached hydrogens (tertiary/aromatic N) is 3. The molecule has 3 aromatic rings. The van der Waals surface area contributed by atoms with Gasteiger partial charge in [0.2, 0.25) is 5.91 Å². The van der Waals surface area contributed by atoms with Crippen molar-refractivity contribution in [1.29, 1.82) is 0 Å². The molecule has 0 bridgehead atoms. The summed E-state index contributed by atoms with van der Waals surface area (Å²) >= 11 is 1.63. The van der Waals surface area contributed by atoms with Crippen LogP contribution >= 0.6 is 11.3 Å². The van der Waals surface area contributed by atoms with Gasteiger partial charge >= 0.3 is 0 Å². The fraction of sp³-hybridized carbons (Fsp3) is 0.389. The lowest BCUT2D eigenvalue weighted by Gasteiger charge is -2.15. The molecular weight excluding hydrogens is 320 g/mol. The third kappa shape index (κ3) is 3.06. The molecule has 4 rings (SSSR count). The Bertz CT molecular complexity index is 882. The van der Waals surface area contributed by atoms with Crippen molar-refractivity contribution in [3.8, 4) is 0 Å². The third-order valence-corrected chi connectivity index (χ3v) is 5.57. The molecule has 0 radical (unpaired) electrons. The molecule has 2 aromatic heterocycles. The number of hydrogen-bond acceptors (Lipinski definition) is 4. The summed E-state index contributed by atoms with van der Waals surface area (Å²) in [5.74, 6) is 0.725. The summed E-state index contributed by atoms with van der Waals surface area (Å²) in [6.45, 7) is 2.89. The van der Waals surface area contributed by atoms with Crippen LogP contribution in [0.25, 0.3) is 11.0 Å². The van der Waals surface area contributed by atoms with E-state index in [2.05, 4.69) is 22.2 Å². The summed E-state index contributed by atoms with van der Waals surface area (Å²) in [6.07, 6.45) is 5.52. The van der Waals surface area contributed by atoms with Gasteiger partial charge in [-0.2, -0.15) is 0 Å². The predicted molar refractivity (Wildman–Crippen MR) is 96.3 cm³/mol. The van der Waals surface area contributed by atoms with Crippen molar-refractivity contribution in [2.45, 2.75) is 39.2 Å². The Kier molecular flexibility index (Phi) is 4.06. The van der Waals surface area contributed by atoms with E-state index in [1.807, 2.05) is 28.8 Å². The number of nitrogens with one attached hydrogen (secondary N) is 1. The zero-order valence-corrected chi connectivity index (χ0v) is 14.5. The number of thiazole rings is 1. The van der Waals surface area contributed by atoms with Gasteiger partial charge in [-0.05, 0) is 37.3 Å². The van der Waals surface area contributed by atoms with Gasteiger partial charge in [0.1, 0.15) is 0 Å². The molecular formula is C18H20N4OS. The predicted octanol–water partition coefficient (Wildman–Crippen LogP) is 3.65. The number of aromatic nitrogens is 3. The van der Waals surface area contributed by atoms with Gasteiger partial charge in [0.15, 0.2) is 5.13 Å². The standard InChI is InChI=1S/C18H20N4OS/c1-12-6-7-14-16(10-12)24-18(20-14)21-17(23)8-9-22-11-19-13-4-2-3-5-15(13)22/h2-5,11-12H,6-10H2,1H3,(H,20,21,23). The molecule has 1 aromatic carbocycles. The van der Waals surface area contributed by atoms with Crippen molar-refractivity contribution in [2.75, 3.05) is 5.32 Å². The zero-order chi connectivity index (χ0) is 16.5. The van der Waals surface area contributed by atoms with Gasteiger partial charge in [-0.25, -0.2) is 9.97 Å². The van der Waals surface area contributed by atoms with Crippen LogP contribution in [0, 0.1) is 5.92 Å². The fourth-order valence-corrected chi connectivity index (χ4v) is 4.37. The Hall–Kier alpha value is -2.21. The van der Waals surface area contributed by atoms with Gasteiger partial charge in [0, 0.05) is 17.8 Å². The van der Waals surface area contributed by atoms with Crippen LogP contribution in [0.3, 0.4) is 0 Å². The lowest BCUT2D eigenvalue weighted by molar-refractivity contribution is -0.116. The van der Waals surface area contributed by atoms with E-state index in [1.165, 1.54) is 17.0 Å². The molecule has 24 heavy (non-hydrogen) atoms. The number of carbonyl (C=O) groups is 1. The quantitative estimate of drug-likeness (QED) is 0.789. The Morgan fingerprint density at radius 3 is 3.21 bits per heavy atom. The number of fused-ring (bicyclic) bond motifs is 2. The van der Waals surface area contributed by atoms with Crippen LogP contribution in [-0.4, -0.2) is 20.4 Å². The van der Waals surface area contributed by atoms with Crippen molar-refractivity contribution >= 4 is 33.4 Å². The highest BCUT2D eigenvalue weighted by atomic mass is 32.1. The number of para-hydroxylation sites is 2. The minimum absolute atomic E-state index is 0.00641. The minimum Gasteiger partial charge on any atom is -0.330 e. The number of amides is 1. The molecule has 5 nitrogen and oxygen atoms in total. The Morgan fingerprint density at radius 1 is 1.42 bits per heavy atom. The van der Waals surface area contributed by atoms with E-state index in [0.29, 0.717) is 13.0 Å². The molecule has 0 saturated carbocycles. The van der Waals surface area contributed by atoms with Crippen molar-refractivity contribution in [3.05, 3.63) is 41.2 Å². The summed E-state index contributed by atoms with van der Waals surface area (Å²) in [5.41, 5.74) is 3.19. The van der Waals surface area contributed by atoms with Crippen molar-refractivity contribution < 1.29 is 4.79 Å². The van der Waals surface area contributed by atoms with Crippen LogP contribution in [0.4, 0.5) is 5.13 Å². The third-order valence-electron chi connectivity index (χ3n) is 4.54. The van der Waals surface area contributed by atoms with E-state index in [0.717, 1.165) is 34.9 Å². The van der Waals surface area contributed by atoms with E-state index in [1.54, 1.807) is 17.7 Å². The summed E-state index contributed by atoms with van der Waals surface area (Å²) in [4.78, 5) is 22.5. The number of carbonyl (C=O) groups excluding carboxylic acids is 1. The first-order valence-corrected chi connectivity index (χ1v) is 9.19. The van der Waals surface area contributed by atoms with Gasteiger partial charge in [0.25, 0.3) is 0 Å². The summed E-state index contributed by atoms with van der Waals surface area (Å²) in [6, 6.07) is 7.96. The van der Waals surface area contributed by atoms with Gasteiger partial charge in [-0.3, -0.25) is 4.79 Å². The lowest BCUT2D eigenvalue weighted by Crippen LogP contribution is -2.14. The molecule has 1 atom stereocenters. The number of aryl methyl sites for hydroxylation is 2. The van der Waals surface area contributed by atoms with Crippen LogP contribution in [0.2, 0.25) is 0 Å². The fourth-order valence-electron chi connectivity index (χ4n) is 3.19. The van der Waals surface area contributed by atoms with Gasteiger partial charge < -0.3 is 9.88 Å². The Labute approximate surface area is 144 Å². The SMILES string of the molecule is CC1CCc2nc(NC(=O)CCn3cnc4ccccc43)sc2C1. The first kappa shape index (κ1) is 15.3. The van der Waals surface area contributed by atoms with E-state index in [4.69, 9.17) is 0 Å². The molecule has 0 aliphatic heterocycles. The summed E-state index contributed by atoms with van der Waals surface area (Å²) < 4.78 is 2.02. The van der Waals surface area contributed by atoms with Crippen LogP contribution in [0.15, 0.2) is 30.6 Å². The molecule has 1 aliphatic carbocycles. The highest BCUT2D eigenvalue weighted by Gasteiger charge is 2.20. The second-order valence-electron chi connectivity index (χ2n) is 6.46. The molecule has 1 unspecified atom stereocenters. The highest BCUT2D eigenvalue weighted by Crippen LogP contribution is 2.32. The minimum atomic E-state index is 0.00641. The molecule has 0 spiro atoms. The molecule has 2 heterocycles. The number of rotatable bonds is 4. The van der Waals surface area contributed by atoms with E-state index in [9.17, 15) is 4.79 Å². The lowest BCUT2D eigenvalue weighted by atomic mass is 9.93. The molecule has 0 saturated heterocycles. The average molecular weight is 340 g/mol. The van der Waals surface area contributed by atoms with Crippen LogP contribution in [0.1, 0.15) is 30.3 Å². The average Bonchev–Trinajstić information content (AvgIpc) is 3.16. The molecule has 124 valence electrons. The molecule has 1 amide bonds. The van der Waals surface area contributed by atoms with Crippen molar-refractivity contribution in [1.82, 2.24) is 14.5 Å². The van der Waals surface area contributed by atoms with E-state index >= 15 is 0 Å². The number of hydrogen-bond donors (Lipinski definition) is 1. The first-order valence-electron chi connectivity index (χ1n) is 8.37. The molecule has 6 heteroatoms. The van der Waals surface area contributed by atoms with Crippen molar-refractivity contribution in [3.63, 3.8) is 0 Å². The molecule has 1 aliphatic rings. The highest BCUT2D eigenvalue weighted by molar-refractivity contribution is 7.15. The monoisotopic (exact) mass is 340 g/mol. The van der Waals surface area contributed by atoms with Gasteiger partial charge in [0.05, 0.1) is 23.1 Å². The second-order valence-corrected chi connectivity index (χ2v) is 7.55. The van der Waals surface area contributed by atoms with Crippen molar-refractivity contribution in [2.24, 2.45) is 5.92 Å². The second kappa shape index (κ2) is 6.36. The summed E-state index contributed by atoms with van der Waals surface area (Å²) in [5, 5.41) is 3.70. The van der Waals surface area contributed by atoms with Crippen LogP contribution in [0.5, 0.6) is 0 Å². The van der Waals surface area contributed by atoms with Gasteiger partial charge in [-0.15, -0.1) is 11.3 Å². The largest absolute Gasteiger partial charge is 0.330 e. The maximum absolute atomic E-state index is 12.2. The van der Waals surface area contributed by atoms with Crippen LogP contribution in [-0.2, 0) is 24.2 Å². The maximum Gasteiger partial charge on any atom is 0.227 e. The van der Waals surface area contributed by atoms with E-state index in [-0.39, 0.29) is 5.91 Å². The molecule has 1 N–H and O–H groups in total. The molecule has 0 fully saturated rings. The number of anilines is 1. The van der Waals surface area contributed by atoms with Gasteiger partial charge in [-0.1, -0.05) is 19.1 Å². The number of imidazole rings is 1. The van der Waals surface area contributed by atoms with Crippen LogP contribution < -0.4 is 5.32 Å².